The molecule has 0 aromatic carbocycles. The van der Waals surface area contributed by atoms with Crippen molar-refractivity contribution in [3.63, 3.8) is 0 Å². The largest absolute Gasteiger partial charge is 0.360 e. The van der Waals surface area contributed by atoms with Crippen LogP contribution in [0.15, 0.2) is 25.0 Å². The molecule has 0 fully saturated rings. The maximum absolute atomic E-state index is 5.72. The van der Waals surface area contributed by atoms with Crippen LogP contribution < -0.4 is 0 Å². The van der Waals surface area contributed by atoms with Crippen LogP contribution in [0, 0.1) is 0 Å². The quantitative estimate of drug-likeness (QED) is 0.599. The van der Waals surface area contributed by atoms with E-state index in [1.807, 2.05) is 16.9 Å². The Labute approximate surface area is 115 Å². The SMILES string of the molecule is C=Cc1nccc2c1cnn2COCC[Si](C)(C)C. The second-order valence-corrected chi connectivity index (χ2v) is 11.4. The van der Waals surface area contributed by atoms with Gasteiger partial charge in [-0.1, -0.05) is 26.2 Å². The zero-order valence-corrected chi connectivity index (χ0v) is 12.9. The van der Waals surface area contributed by atoms with E-state index in [0.717, 1.165) is 23.2 Å². The summed E-state index contributed by atoms with van der Waals surface area (Å²) in [5.41, 5.74) is 1.91. The van der Waals surface area contributed by atoms with Crippen molar-refractivity contribution in [1.82, 2.24) is 14.8 Å². The lowest BCUT2D eigenvalue weighted by Crippen LogP contribution is -2.22. The highest BCUT2D eigenvalue weighted by Crippen LogP contribution is 2.17. The fourth-order valence-corrected chi connectivity index (χ4v) is 2.58. The summed E-state index contributed by atoms with van der Waals surface area (Å²) in [5, 5.41) is 5.37. The standard InChI is InChI=1S/C14H21N3OSi/c1-5-13-12-10-16-17(14(12)6-7-15-13)11-18-8-9-19(2,3)4/h5-7,10H,1,8-9,11H2,2-4H3. The smallest absolute Gasteiger partial charge is 0.139 e. The van der Waals surface area contributed by atoms with Crippen LogP contribution in [0.4, 0.5) is 0 Å². The number of ether oxygens (including phenoxy) is 1. The highest BCUT2D eigenvalue weighted by atomic mass is 28.3. The molecular formula is C14H21N3OSi. The number of aromatic nitrogens is 3. The number of hydrogen-bond donors (Lipinski definition) is 0. The minimum Gasteiger partial charge on any atom is -0.360 e. The van der Waals surface area contributed by atoms with Gasteiger partial charge in [0.15, 0.2) is 0 Å². The van der Waals surface area contributed by atoms with Crippen molar-refractivity contribution in [2.45, 2.75) is 32.4 Å². The van der Waals surface area contributed by atoms with E-state index in [1.54, 1.807) is 12.3 Å². The van der Waals surface area contributed by atoms with E-state index >= 15 is 0 Å². The van der Waals surface area contributed by atoms with E-state index in [-0.39, 0.29) is 0 Å². The topological polar surface area (TPSA) is 39.9 Å². The van der Waals surface area contributed by atoms with E-state index < -0.39 is 8.07 Å². The van der Waals surface area contributed by atoms with Gasteiger partial charge in [0.2, 0.25) is 0 Å². The first-order valence-corrected chi connectivity index (χ1v) is 10.2. The molecule has 0 aliphatic rings. The maximum Gasteiger partial charge on any atom is 0.139 e. The Hall–Kier alpha value is -1.46. The first-order valence-electron chi connectivity index (χ1n) is 6.52. The van der Waals surface area contributed by atoms with Crippen LogP contribution in [0.2, 0.25) is 25.7 Å². The molecule has 0 atom stereocenters. The van der Waals surface area contributed by atoms with Gasteiger partial charge in [0, 0.05) is 26.3 Å². The van der Waals surface area contributed by atoms with Crippen LogP contribution in [0.3, 0.4) is 0 Å². The highest BCUT2D eigenvalue weighted by molar-refractivity contribution is 6.76. The number of fused-ring (bicyclic) bond motifs is 1. The van der Waals surface area contributed by atoms with Crippen LogP contribution in [-0.4, -0.2) is 29.4 Å². The summed E-state index contributed by atoms with van der Waals surface area (Å²) in [5.74, 6) is 0. The van der Waals surface area contributed by atoms with Crippen molar-refractivity contribution in [3.8, 4) is 0 Å². The highest BCUT2D eigenvalue weighted by Gasteiger charge is 2.12. The molecule has 0 aliphatic heterocycles. The van der Waals surface area contributed by atoms with Gasteiger partial charge in [0.05, 0.1) is 17.4 Å². The van der Waals surface area contributed by atoms with Gasteiger partial charge in [-0.25, -0.2) is 4.68 Å². The normalized spacial score (nSPS) is 11.9. The molecule has 2 heterocycles. The second-order valence-electron chi connectivity index (χ2n) is 5.83. The molecule has 0 spiro atoms. The van der Waals surface area contributed by atoms with E-state index in [9.17, 15) is 0 Å². The van der Waals surface area contributed by atoms with Crippen LogP contribution >= 0.6 is 0 Å². The number of rotatable bonds is 6. The third-order valence-electron chi connectivity index (χ3n) is 3.01. The molecule has 2 rings (SSSR count). The second kappa shape index (κ2) is 5.67. The van der Waals surface area contributed by atoms with Crippen molar-refractivity contribution in [3.05, 3.63) is 30.7 Å². The molecule has 19 heavy (non-hydrogen) atoms. The molecule has 0 amide bonds. The number of hydrogen-bond acceptors (Lipinski definition) is 3. The van der Waals surface area contributed by atoms with Gasteiger partial charge in [-0.05, 0) is 18.2 Å². The van der Waals surface area contributed by atoms with Gasteiger partial charge in [0.1, 0.15) is 6.73 Å². The molecule has 0 bridgehead atoms. The Morgan fingerprint density at radius 1 is 1.42 bits per heavy atom. The molecule has 0 N–H and O–H groups in total. The summed E-state index contributed by atoms with van der Waals surface area (Å²) < 4.78 is 7.59. The van der Waals surface area contributed by atoms with Gasteiger partial charge in [0.25, 0.3) is 0 Å². The average molecular weight is 275 g/mol. The predicted molar refractivity (Wildman–Crippen MR) is 81.7 cm³/mol. The summed E-state index contributed by atoms with van der Waals surface area (Å²) in [6.45, 7) is 12.1. The summed E-state index contributed by atoms with van der Waals surface area (Å²) in [6, 6.07) is 3.13. The third-order valence-corrected chi connectivity index (χ3v) is 4.71. The summed E-state index contributed by atoms with van der Waals surface area (Å²) >= 11 is 0. The molecule has 4 nitrogen and oxygen atoms in total. The van der Waals surface area contributed by atoms with Gasteiger partial charge in [-0.3, -0.25) is 4.98 Å². The monoisotopic (exact) mass is 275 g/mol. The lowest BCUT2D eigenvalue weighted by Gasteiger charge is -2.15. The van der Waals surface area contributed by atoms with Crippen molar-refractivity contribution in [1.29, 1.82) is 0 Å². The number of pyridine rings is 1. The lowest BCUT2D eigenvalue weighted by molar-refractivity contribution is 0.0817. The molecule has 0 aliphatic carbocycles. The molecule has 2 aromatic rings. The minimum absolute atomic E-state index is 0.495. The minimum atomic E-state index is -1.03. The van der Waals surface area contributed by atoms with Gasteiger partial charge in [-0.15, -0.1) is 0 Å². The molecule has 0 radical (unpaired) electrons. The first-order chi connectivity index (χ1) is 9.01. The average Bonchev–Trinajstić information content (AvgIpc) is 2.76. The van der Waals surface area contributed by atoms with Crippen molar-refractivity contribution < 1.29 is 4.74 Å². The van der Waals surface area contributed by atoms with Gasteiger partial charge >= 0.3 is 0 Å². The van der Waals surface area contributed by atoms with Gasteiger partial charge in [-0.2, -0.15) is 5.10 Å². The molecule has 102 valence electrons. The van der Waals surface area contributed by atoms with E-state index in [4.69, 9.17) is 4.74 Å². The third kappa shape index (κ3) is 3.51. The Bertz CT molecular complexity index is 572. The van der Waals surface area contributed by atoms with Crippen LogP contribution in [0.1, 0.15) is 5.69 Å². The maximum atomic E-state index is 5.72. The van der Waals surface area contributed by atoms with E-state index in [0.29, 0.717) is 6.73 Å². The summed E-state index contributed by atoms with van der Waals surface area (Å²) in [7, 11) is -1.03. The van der Waals surface area contributed by atoms with Gasteiger partial charge < -0.3 is 4.74 Å². The summed E-state index contributed by atoms with van der Waals surface area (Å²) in [4.78, 5) is 4.26. The molecular weight excluding hydrogens is 254 g/mol. The van der Waals surface area contributed by atoms with Crippen molar-refractivity contribution >= 4 is 25.1 Å². The van der Waals surface area contributed by atoms with Crippen LogP contribution in [0.5, 0.6) is 0 Å². The van der Waals surface area contributed by atoms with Crippen LogP contribution in [-0.2, 0) is 11.5 Å². The lowest BCUT2D eigenvalue weighted by atomic mass is 10.2. The van der Waals surface area contributed by atoms with Crippen molar-refractivity contribution in [2.24, 2.45) is 0 Å². The first kappa shape index (κ1) is 14.0. The molecule has 0 saturated heterocycles. The number of nitrogens with zero attached hydrogens (tertiary/aromatic N) is 3. The zero-order valence-electron chi connectivity index (χ0n) is 11.9. The predicted octanol–water partition coefficient (Wildman–Crippen LogP) is 3.39. The van der Waals surface area contributed by atoms with Crippen molar-refractivity contribution in [2.75, 3.05) is 6.61 Å². The Morgan fingerprint density at radius 3 is 2.89 bits per heavy atom. The molecule has 0 unspecified atom stereocenters. The Balaban J connectivity index is 2.04. The molecule has 5 heteroatoms. The fraction of sp³-hybridized carbons (Fsp3) is 0.429. The molecule has 2 aromatic heterocycles. The zero-order chi connectivity index (χ0) is 13.9. The fourth-order valence-electron chi connectivity index (χ4n) is 1.82. The van der Waals surface area contributed by atoms with E-state index in [1.165, 1.54) is 6.04 Å². The molecule has 0 saturated carbocycles. The van der Waals surface area contributed by atoms with Crippen LogP contribution in [0.25, 0.3) is 17.0 Å². The van der Waals surface area contributed by atoms with E-state index in [2.05, 4.69) is 36.3 Å². The summed E-state index contributed by atoms with van der Waals surface area (Å²) in [6.07, 6.45) is 5.35. The Morgan fingerprint density at radius 2 is 2.21 bits per heavy atom. The Kier molecular flexibility index (Phi) is 4.16.